The zero-order valence-corrected chi connectivity index (χ0v) is 18.7. The quantitative estimate of drug-likeness (QED) is 0.415. The highest BCUT2D eigenvalue weighted by molar-refractivity contribution is 7.13. The molecule has 1 aromatic carbocycles. The van der Waals surface area contributed by atoms with Crippen LogP contribution in [0.2, 0.25) is 0 Å². The lowest BCUT2D eigenvalue weighted by Crippen LogP contribution is -2.33. The Kier molecular flexibility index (Phi) is 5.75. The van der Waals surface area contributed by atoms with Crippen LogP contribution < -0.4 is 10.1 Å². The minimum Gasteiger partial charge on any atom is -0.497 e. The van der Waals surface area contributed by atoms with E-state index in [9.17, 15) is 0 Å². The molecule has 3 aromatic heterocycles. The molecule has 1 unspecified atom stereocenters. The van der Waals surface area contributed by atoms with E-state index in [-0.39, 0.29) is 6.04 Å². The Balaban J connectivity index is 1.33. The summed E-state index contributed by atoms with van der Waals surface area (Å²) in [6, 6.07) is 14.2. The summed E-state index contributed by atoms with van der Waals surface area (Å²) in [5, 5.41) is 16.4. The van der Waals surface area contributed by atoms with E-state index in [2.05, 4.69) is 49.8 Å². The molecule has 0 aliphatic carbocycles. The average molecular weight is 445 g/mol. The minimum atomic E-state index is 0.287. The third-order valence-corrected chi connectivity index (χ3v) is 6.63. The third kappa shape index (κ3) is 4.31. The number of aromatic nitrogens is 3. The molecule has 8 heteroatoms. The lowest BCUT2D eigenvalue weighted by molar-refractivity contribution is 0.136. The molecule has 5 rings (SSSR count). The van der Waals surface area contributed by atoms with Crippen LogP contribution in [-0.4, -0.2) is 33.5 Å². The Morgan fingerprint density at radius 1 is 1.28 bits per heavy atom. The monoisotopic (exact) mass is 444 g/mol. The maximum Gasteiger partial charge on any atom is 0.188 e. The number of methoxy groups -OCH3 is 1. The van der Waals surface area contributed by atoms with E-state index < -0.39 is 0 Å². The van der Waals surface area contributed by atoms with Crippen molar-refractivity contribution in [3.63, 3.8) is 0 Å². The van der Waals surface area contributed by atoms with E-state index in [1.165, 1.54) is 23.9 Å². The van der Waals surface area contributed by atoms with Crippen molar-refractivity contribution in [3.8, 4) is 11.8 Å². The van der Waals surface area contributed by atoms with E-state index >= 15 is 0 Å². The van der Waals surface area contributed by atoms with E-state index in [1.54, 1.807) is 36.8 Å². The number of nitrogens with zero attached hydrogens (tertiary/aromatic N) is 4. The zero-order chi connectivity index (χ0) is 21.9. The molecule has 162 valence electrons. The Morgan fingerprint density at radius 2 is 2.22 bits per heavy atom. The lowest BCUT2D eigenvalue weighted by Gasteiger charge is -2.34. The van der Waals surface area contributed by atoms with Gasteiger partial charge in [0, 0.05) is 34.7 Å². The summed E-state index contributed by atoms with van der Waals surface area (Å²) in [6.07, 6.45) is 5.13. The summed E-state index contributed by atoms with van der Waals surface area (Å²) in [5.41, 5.74) is 3.99. The van der Waals surface area contributed by atoms with E-state index in [0.29, 0.717) is 11.4 Å². The Labute approximate surface area is 190 Å². The van der Waals surface area contributed by atoms with Gasteiger partial charge < -0.3 is 15.0 Å². The molecule has 0 saturated carbocycles. The van der Waals surface area contributed by atoms with Gasteiger partial charge in [-0.2, -0.15) is 5.26 Å². The van der Waals surface area contributed by atoms with E-state index in [1.807, 2.05) is 6.07 Å². The van der Waals surface area contributed by atoms with Crippen molar-refractivity contribution < 1.29 is 4.74 Å². The van der Waals surface area contributed by atoms with Crippen molar-refractivity contribution >= 4 is 33.2 Å². The number of anilines is 2. The zero-order valence-electron chi connectivity index (χ0n) is 17.8. The molecule has 4 heterocycles. The molecule has 0 bridgehead atoms. The normalized spacial score (nSPS) is 16.7. The van der Waals surface area contributed by atoms with Crippen molar-refractivity contribution in [3.05, 3.63) is 64.9 Å². The summed E-state index contributed by atoms with van der Waals surface area (Å²) in [6.45, 7) is 1.91. The highest BCUT2D eigenvalue weighted by Gasteiger charge is 2.26. The first-order valence-electron chi connectivity index (χ1n) is 10.7. The van der Waals surface area contributed by atoms with Crippen LogP contribution in [0.1, 0.15) is 42.3 Å². The van der Waals surface area contributed by atoms with Gasteiger partial charge in [-0.25, -0.2) is 9.97 Å². The SMILES string of the molecule is COc1ccc2[nH]c(CN3CCCCC3c3csc(Nc4cc(C#N)ccn4)n3)cc2c1. The van der Waals surface area contributed by atoms with Gasteiger partial charge in [-0.3, -0.25) is 4.90 Å². The number of rotatable bonds is 6. The predicted octanol–water partition coefficient (Wildman–Crippen LogP) is 5.37. The number of hydrogen-bond acceptors (Lipinski definition) is 7. The molecular formula is C24H24N6OS. The average Bonchev–Trinajstić information content (AvgIpc) is 3.45. The number of ether oxygens (including phenoxy) is 1. The van der Waals surface area contributed by atoms with Crippen molar-refractivity contribution in [2.75, 3.05) is 19.0 Å². The highest BCUT2D eigenvalue weighted by atomic mass is 32.1. The third-order valence-electron chi connectivity index (χ3n) is 5.86. The van der Waals surface area contributed by atoms with Gasteiger partial charge in [-0.15, -0.1) is 11.3 Å². The second-order valence-corrected chi connectivity index (χ2v) is 8.83. The number of aromatic amines is 1. The van der Waals surface area contributed by atoms with Gasteiger partial charge in [-0.05, 0) is 55.8 Å². The fourth-order valence-electron chi connectivity index (χ4n) is 4.29. The van der Waals surface area contributed by atoms with Crippen LogP contribution in [0.25, 0.3) is 10.9 Å². The number of likely N-dealkylation sites (tertiary alicyclic amines) is 1. The maximum atomic E-state index is 9.09. The molecule has 4 aromatic rings. The number of nitriles is 1. The number of thiazole rings is 1. The van der Waals surface area contributed by atoms with E-state index in [0.717, 1.165) is 41.6 Å². The van der Waals surface area contributed by atoms with Gasteiger partial charge in [0.25, 0.3) is 0 Å². The van der Waals surface area contributed by atoms with E-state index in [4.69, 9.17) is 15.0 Å². The van der Waals surface area contributed by atoms with Crippen LogP contribution in [0, 0.1) is 11.3 Å². The number of fused-ring (bicyclic) bond motifs is 1. The van der Waals surface area contributed by atoms with Gasteiger partial charge in [-0.1, -0.05) is 6.42 Å². The van der Waals surface area contributed by atoms with Gasteiger partial charge in [0.05, 0.1) is 30.5 Å². The fraction of sp³-hybridized carbons (Fsp3) is 0.292. The number of H-pyrrole nitrogens is 1. The number of nitrogens with one attached hydrogen (secondary N) is 2. The molecule has 32 heavy (non-hydrogen) atoms. The van der Waals surface area contributed by atoms with Crippen molar-refractivity contribution in [1.82, 2.24) is 19.9 Å². The topological polar surface area (TPSA) is 89.9 Å². The van der Waals surface area contributed by atoms with Crippen LogP contribution in [0.4, 0.5) is 10.9 Å². The number of hydrogen-bond donors (Lipinski definition) is 2. The standard InChI is InChI=1S/C24H24N6OS/c1-31-19-5-6-20-17(12-19)11-18(27-20)14-30-9-3-2-4-22(30)21-15-32-24(28-21)29-23-10-16(13-25)7-8-26-23/h5-8,10-12,15,22,27H,2-4,9,14H2,1H3,(H,26,28,29). The minimum absolute atomic E-state index is 0.287. The van der Waals surface area contributed by atoms with Crippen molar-refractivity contribution in [1.29, 1.82) is 5.26 Å². The van der Waals surface area contributed by atoms with Crippen molar-refractivity contribution in [2.45, 2.75) is 31.8 Å². The van der Waals surface area contributed by atoms with Gasteiger partial charge >= 0.3 is 0 Å². The molecule has 1 fully saturated rings. The first-order chi connectivity index (χ1) is 15.7. The second-order valence-electron chi connectivity index (χ2n) is 7.97. The number of benzene rings is 1. The van der Waals surface area contributed by atoms with Gasteiger partial charge in [0.1, 0.15) is 11.6 Å². The molecule has 0 amide bonds. The first-order valence-corrected chi connectivity index (χ1v) is 11.6. The van der Waals surface area contributed by atoms with Crippen LogP contribution in [0.3, 0.4) is 0 Å². The van der Waals surface area contributed by atoms with Crippen LogP contribution in [-0.2, 0) is 6.54 Å². The van der Waals surface area contributed by atoms with Crippen molar-refractivity contribution in [2.24, 2.45) is 0 Å². The molecule has 1 saturated heterocycles. The first kappa shape index (κ1) is 20.5. The summed E-state index contributed by atoms with van der Waals surface area (Å²) >= 11 is 1.57. The summed E-state index contributed by atoms with van der Waals surface area (Å²) in [4.78, 5) is 15.2. The lowest BCUT2D eigenvalue weighted by atomic mass is 10.00. The Hall–Kier alpha value is -3.41. The fourth-order valence-corrected chi connectivity index (χ4v) is 5.06. The molecule has 1 aliphatic rings. The second kappa shape index (κ2) is 8.99. The van der Waals surface area contributed by atoms with Gasteiger partial charge in [0.15, 0.2) is 5.13 Å². The van der Waals surface area contributed by atoms with Crippen LogP contribution in [0.5, 0.6) is 5.75 Å². The van der Waals surface area contributed by atoms with Crippen LogP contribution >= 0.6 is 11.3 Å². The molecular weight excluding hydrogens is 420 g/mol. The number of piperidine rings is 1. The van der Waals surface area contributed by atoms with Crippen LogP contribution in [0.15, 0.2) is 48.0 Å². The predicted molar refractivity (Wildman–Crippen MR) is 126 cm³/mol. The summed E-state index contributed by atoms with van der Waals surface area (Å²) < 4.78 is 5.36. The summed E-state index contributed by atoms with van der Waals surface area (Å²) in [5.74, 6) is 1.51. The molecule has 1 atom stereocenters. The molecule has 0 spiro atoms. The number of pyridine rings is 1. The molecule has 0 radical (unpaired) electrons. The largest absolute Gasteiger partial charge is 0.497 e. The maximum absolute atomic E-state index is 9.09. The summed E-state index contributed by atoms with van der Waals surface area (Å²) in [7, 11) is 1.69. The molecule has 2 N–H and O–H groups in total. The Morgan fingerprint density at radius 3 is 3.09 bits per heavy atom. The highest BCUT2D eigenvalue weighted by Crippen LogP contribution is 2.34. The smallest absolute Gasteiger partial charge is 0.188 e. The van der Waals surface area contributed by atoms with Gasteiger partial charge in [0.2, 0.25) is 0 Å². The molecule has 1 aliphatic heterocycles. The Bertz CT molecular complexity index is 1270. The molecule has 7 nitrogen and oxygen atoms in total.